The molecule has 8 nitrogen and oxygen atoms in total. The molecule has 0 aliphatic carbocycles. The lowest BCUT2D eigenvalue weighted by Gasteiger charge is -2.31. The summed E-state index contributed by atoms with van der Waals surface area (Å²) in [4.78, 5) is 39.6. The Bertz CT molecular complexity index is 1040. The molecule has 0 aliphatic heterocycles. The summed E-state index contributed by atoms with van der Waals surface area (Å²) in [6.07, 6.45) is 5.77. The lowest BCUT2D eigenvalue weighted by Crippen LogP contribution is -2.60. The van der Waals surface area contributed by atoms with Crippen LogP contribution >= 0.6 is 0 Å². The molecule has 3 amide bonds. The molecule has 2 aromatic carbocycles. The van der Waals surface area contributed by atoms with E-state index in [1.165, 1.54) is 0 Å². The standard InChI is InChI=1S/C32H47N3O5/c1-31(2,3)40-30(39)34-27(23-25-17-11-9-12-18-25)28(37)35-29(38)32(4,24-26-19-13-10-14-20-26)33-21-15-7-5-6-8-16-22-36/h9-14,17-20,27,33,36H,5-8,15-16,21-24H2,1-4H3,(H,34,39)(H,35,37,38). The number of amides is 3. The molecule has 2 aromatic rings. The third-order valence-corrected chi connectivity index (χ3v) is 6.53. The fraction of sp³-hybridized carbons (Fsp3) is 0.531. The van der Waals surface area contributed by atoms with Gasteiger partial charge in [-0.25, -0.2) is 4.79 Å². The number of carbonyl (C=O) groups is 3. The van der Waals surface area contributed by atoms with E-state index in [1.54, 1.807) is 27.7 Å². The van der Waals surface area contributed by atoms with Crippen LogP contribution in [0.1, 0.15) is 77.3 Å². The molecule has 2 rings (SSSR count). The van der Waals surface area contributed by atoms with Gasteiger partial charge in [0.05, 0.1) is 5.54 Å². The summed E-state index contributed by atoms with van der Waals surface area (Å²) in [6.45, 7) is 7.90. The third-order valence-electron chi connectivity index (χ3n) is 6.53. The number of unbranched alkanes of at least 4 members (excludes halogenated alkanes) is 5. The van der Waals surface area contributed by atoms with Gasteiger partial charge in [0.1, 0.15) is 11.6 Å². The second-order valence-corrected chi connectivity index (χ2v) is 11.5. The van der Waals surface area contributed by atoms with Gasteiger partial charge in [-0.2, -0.15) is 0 Å². The number of nitrogens with one attached hydrogen (secondary N) is 3. The van der Waals surface area contributed by atoms with Gasteiger partial charge < -0.3 is 20.5 Å². The number of carbonyl (C=O) groups excluding carboxylic acids is 3. The Labute approximate surface area is 239 Å². The molecule has 0 saturated heterocycles. The lowest BCUT2D eigenvalue weighted by molar-refractivity contribution is -0.135. The Balaban J connectivity index is 2.11. The predicted molar refractivity (Wildman–Crippen MR) is 158 cm³/mol. The molecule has 0 radical (unpaired) electrons. The first-order valence-electron chi connectivity index (χ1n) is 14.3. The van der Waals surface area contributed by atoms with Crippen LogP contribution in [0.25, 0.3) is 0 Å². The first-order valence-corrected chi connectivity index (χ1v) is 14.3. The first-order chi connectivity index (χ1) is 19.0. The van der Waals surface area contributed by atoms with E-state index in [0.717, 1.165) is 49.7 Å². The molecule has 2 atom stereocenters. The van der Waals surface area contributed by atoms with Crippen molar-refractivity contribution in [1.82, 2.24) is 16.0 Å². The van der Waals surface area contributed by atoms with Crippen LogP contribution in [0.2, 0.25) is 0 Å². The Morgan fingerprint density at radius 2 is 1.35 bits per heavy atom. The van der Waals surface area contributed by atoms with Crippen LogP contribution < -0.4 is 16.0 Å². The summed E-state index contributed by atoms with van der Waals surface area (Å²) in [7, 11) is 0. The smallest absolute Gasteiger partial charge is 0.408 e. The number of aliphatic hydroxyl groups excluding tert-OH is 1. The molecule has 0 fully saturated rings. The summed E-state index contributed by atoms with van der Waals surface area (Å²) in [5.74, 6) is -1.04. The van der Waals surface area contributed by atoms with E-state index in [-0.39, 0.29) is 13.0 Å². The Morgan fingerprint density at radius 3 is 1.93 bits per heavy atom. The van der Waals surface area contributed by atoms with E-state index in [4.69, 9.17) is 9.84 Å². The lowest BCUT2D eigenvalue weighted by atomic mass is 9.91. The van der Waals surface area contributed by atoms with Crippen molar-refractivity contribution in [2.75, 3.05) is 13.2 Å². The fourth-order valence-corrected chi connectivity index (χ4v) is 4.38. The van der Waals surface area contributed by atoms with Crippen LogP contribution in [0.5, 0.6) is 0 Å². The van der Waals surface area contributed by atoms with Crippen molar-refractivity contribution >= 4 is 17.9 Å². The van der Waals surface area contributed by atoms with Gasteiger partial charge in [0.2, 0.25) is 11.8 Å². The molecule has 40 heavy (non-hydrogen) atoms. The number of rotatable bonds is 16. The van der Waals surface area contributed by atoms with Crippen LogP contribution in [0.3, 0.4) is 0 Å². The van der Waals surface area contributed by atoms with Crippen molar-refractivity contribution in [2.24, 2.45) is 0 Å². The summed E-state index contributed by atoms with van der Waals surface area (Å²) < 4.78 is 5.37. The maximum absolute atomic E-state index is 13.6. The molecule has 0 aromatic heterocycles. The topological polar surface area (TPSA) is 117 Å². The van der Waals surface area contributed by atoms with Gasteiger partial charge in [-0.1, -0.05) is 86.3 Å². The van der Waals surface area contributed by atoms with Crippen molar-refractivity contribution in [3.05, 3.63) is 71.8 Å². The van der Waals surface area contributed by atoms with Crippen LogP contribution in [-0.4, -0.2) is 53.3 Å². The number of aliphatic hydroxyl groups is 1. The summed E-state index contributed by atoms with van der Waals surface area (Å²) in [6, 6.07) is 18.0. The predicted octanol–water partition coefficient (Wildman–Crippen LogP) is 4.69. The number of hydrogen-bond acceptors (Lipinski definition) is 6. The minimum atomic E-state index is -1.04. The third kappa shape index (κ3) is 12.7. The largest absolute Gasteiger partial charge is 0.444 e. The van der Waals surface area contributed by atoms with Gasteiger partial charge >= 0.3 is 6.09 Å². The summed E-state index contributed by atoms with van der Waals surface area (Å²) >= 11 is 0. The highest BCUT2D eigenvalue weighted by atomic mass is 16.6. The molecule has 0 spiro atoms. The molecule has 4 N–H and O–H groups in total. The zero-order valence-electron chi connectivity index (χ0n) is 24.5. The Morgan fingerprint density at radius 1 is 0.800 bits per heavy atom. The molecule has 0 saturated carbocycles. The number of ether oxygens (including phenoxy) is 1. The second-order valence-electron chi connectivity index (χ2n) is 11.5. The SMILES string of the molecule is CC(C)(C)OC(=O)NC(Cc1ccccc1)C(=O)NC(=O)C(C)(Cc1ccccc1)NCCCCCCCCO. The molecule has 2 unspecified atom stereocenters. The second kappa shape index (κ2) is 16.8. The van der Waals surface area contributed by atoms with Gasteiger partial charge in [0, 0.05) is 13.0 Å². The van der Waals surface area contributed by atoms with Crippen LogP contribution in [0.4, 0.5) is 4.79 Å². The normalized spacial score (nSPS) is 13.6. The highest BCUT2D eigenvalue weighted by Gasteiger charge is 2.36. The highest BCUT2D eigenvalue weighted by molar-refractivity contribution is 6.02. The minimum Gasteiger partial charge on any atom is -0.444 e. The van der Waals surface area contributed by atoms with Crippen molar-refractivity contribution in [3.8, 4) is 0 Å². The molecule has 0 aliphatic rings. The van der Waals surface area contributed by atoms with Gasteiger partial charge in [-0.05, 0) is 64.6 Å². The van der Waals surface area contributed by atoms with Gasteiger partial charge in [0.15, 0.2) is 0 Å². The van der Waals surface area contributed by atoms with E-state index in [2.05, 4.69) is 16.0 Å². The minimum absolute atomic E-state index is 0.207. The van der Waals surface area contributed by atoms with Gasteiger partial charge in [-0.15, -0.1) is 0 Å². The summed E-state index contributed by atoms with van der Waals surface area (Å²) in [5.41, 5.74) is 0.0362. The van der Waals surface area contributed by atoms with Crippen molar-refractivity contribution in [3.63, 3.8) is 0 Å². The fourth-order valence-electron chi connectivity index (χ4n) is 4.38. The van der Waals surface area contributed by atoms with Crippen molar-refractivity contribution in [2.45, 2.75) is 96.2 Å². The molecule has 0 heterocycles. The molecule has 8 heteroatoms. The molecular formula is C32H47N3O5. The molecule has 0 bridgehead atoms. The van der Waals surface area contributed by atoms with Crippen molar-refractivity contribution in [1.29, 1.82) is 0 Å². The average molecular weight is 554 g/mol. The molecule has 220 valence electrons. The first kappa shape index (κ1) is 33.0. The van der Waals surface area contributed by atoms with Crippen LogP contribution in [-0.2, 0) is 27.2 Å². The zero-order chi connectivity index (χ0) is 29.4. The quantitative estimate of drug-likeness (QED) is 0.224. The zero-order valence-corrected chi connectivity index (χ0v) is 24.5. The number of hydrogen-bond donors (Lipinski definition) is 4. The number of imide groups is 1. The maximum atomic E-state index is 13.6. The summed E-state index contributed by atoms with van der Waals surface area (Å²) in [5, 5.41) is 17.5. The van der Waals surface area contributed by atoms with E-state index >= 15 is 0 Å². The van der Waals surface area contributed by atoms with Crippen LogP contribution in [0.15, 0.2) is 60.7 Å². The van der Waals surface area contributed by atoms with E-state index in [9.17, 15) is 14.4 Å². The highest BCUT2D eigenvalue weighted by Crippen LogP contribution is 2.16. The molecular weight excluding hydrogens is 506 g/mol. The Kier molecular flexibility index (Phi) is 13.8. The number of benzene rings is 2. The Hall–Kier alpha value is -3.23. The van der Waals surface area contributed by atoms with Gasteiger partial charge in [0.25, 0.3) is 0 Å². The van der Waals surface area contributed by atoms with Crippen molar-refractivity contribution < 1.29 is 24.2 Å². The van der Waals surface area contributed by atoms with Gasteiger partial charge in [-0.3, -0.25) is 14.9 Å². The maximum Gasteiger partial charge on any atom is 0.408 e. The van der Waals surface area contributed by atoms with Crippen LogP contribution in [0, 0.1) is 0 Å². The van der Waals surface area contributed by atoms with E-state index in [1.807, 2.05) is 60.7 Å². The van der Waals surface area contributed by atoms with E-state index < -0.39 is 35.1 Å². The number of alkyl carbamates (subject to hydrolysis) is 1. The van der Waals surface area contributed by atoms with E-state index in [0.29, 0.717) is 13.0 Å². The average Bonchev–Trinajstić information content (AvgIpc) is 2.90. The monoisotopic (exact) mass is 553 g/mol.